The molecule has 0 aliphatic carbocycles. The van der Waals surface area contributed by atoms with Gasteiger partial charge in [-0.15, -0.1) is 0 Å². The Kier molecular flexibility index (Phi) is 5.09. The number of anilines is 2. The molecule has 0 radical (unpaired) electrons. The predicted molar refractivity (Wildman–Crippen MR) is 84.0 cm³/mol. The van der Waals surface area contributed by atoms with E-state index >= 15 is 0 Å². The maximum Gasteiger partial charge on any atom is 0.226 e. The number of hydrogen-bond donors (Lipinski definition) is 2. The molecule has 2 N–H and O–H groups in total. The summed E-state index contributed by atoms with van der Waals surface area (Å²) in [5, 5.41) is 5.69. The van der Waals surface area contributed by atoms with Crippen molar-refractivity contribution >= 4 is 17.3 Å². The van der Waals surface area contributed by atoms with E-state index in [-0.39, 0.29) is 18.0 Å². The van der Waals surface area contributed by atoms with Gasteiger partial charge < -0.3 is 10.6 Å². The van der Waals surface area contributed by atoms with Crippen molar-refractivity contribution in [1.82, 2.24) is 0 Å². The molecular weight excluding hydrogens is 286 g/mol. The summed E-state index contributed by atoms with van der Waals surface area (Å²) in [4.78, 5) is 11.8. The molecule has 0 bridgehead atoms. The SMILES string of the molecule is Cc1ccc(NCCC(=O)Nc2ccc(F)c(F)c2)cc1C. The van der Waals surface area contributed by atoms with E-state index in [0.717, 1.165) is 17.8 Å². The Bertz CT molecular complexity index is 686. The summed E-state index contributed by atoms with van der Waals surface area (Å²) in [5.74, 6) is -2.18. The number of carbonyl (C=O) groups excluding carboxylic acids is 1. The summed E-state index contributed by atoms with van der Waals surface area (Å²) in [6.45, 7) is 4.52. The van der Waals surface area contributed by atoms with Gasteiger partial charge in [-0.2, -0.15) is 0 Å². The maximum absolute atomic E-state index is 13.0. The van der Waals surface area contributed by atoms with Crippen LogP contribution in [0.3, 0.4) is 0 Å². The zero-order valence-corrected chi connectivity index (χ0v) is 12.5. The van der Waals surface area contributed by atoms with Crippen LogP contribution in [0.25, 0.3) is 0 Å². The molecular formula is C17H18F2N2O. The smallest absolute Gasteiger partial charge is 0.226 e. The van der Waals surface area contributed by atoms with Crippen LogP contribution in [0.15, 0.2) is 36.4 Å². The van der Waals surface area contributed by atoms with Crippen molar-refractivity contribution in [3.05, 3.63) is 59.2 Å². The first-order valence-corrected chi connectivity index (χ1v) is 7.02. The monoisotopic (exact) mass is 304 g/mol. The third kappa shape index (κ3) is 4.28. The number of nitrogens with one attached hydrogen (secondary N) is 2. The molecule has 0 unspecified atom stereocenters. The Hall–Kier alpha value is -2.43. The number of hydrogen-bond acceptors (Lipinski definition) is 2. The molecule has 0 fully saturated rings. The molecule has 0 aliphatic rings. The molecule has 0 heterocycles. The van der Waals surface area contributed by atoms with Gasteiger partial charge in [0, 0.05) is 30.4 Å². The first-order valence-electron chi connectivity index (χ1n) is 7.02. The third-order valence-corrected chi connectivity index (χ3v) is 3.39. The fraction of sp³-hybridized carbons (Fsp3) is 0.235. The molecule has 22 heavy (non-hydrogen) atoms. The lowest BCUT2D eigenvalue weighted by Crippen LogP contribution is -2.16. The zero-order chi connectivity index (χ0) is 16.1. The molecule has 0 aromatic heterocycles. The highest BCUT2D eigenvalue weighted by Gasteiger charge is 2.06. The van der Waals surface area contributed by atoms with Crippen LogP contribution in [0, 0.1) is 25.5 Å². The minimum atomic E-state index is -0.981. The van der Waals surface area contributed by atoms with Crippen LogP contribution in [-0.4, -0.2) is 12.5 Å². The van der Waals surface area contributed by atoms with Crippen molar-refractivity contribution in [2.24, 2.45) is 0 Å². The normalized spacial score (nSPS) is 10.4. The van der Waals surface area contributed by atoms with Crippen molar-refractivity contribution in [3.8, 4) is 0 Å². The van der Waals surface area contributed by atoms with Crippen molar-refractivity contribution in [2.45, 2.75) is 20.3 Å². The van der Waals surface area contributed by atoms with Crippen molar-refractivity contribution in [1.29, 1.82) is 0 Å². The van der Waals surface area contributed by atoms with Crippen molar-refractivity contribution in [3.63, 3.8) is 0 Å². The van der Waals surface area contributed by atoms with Crippen LogP contribution in [0.2, 0.25) is 0 Å². The standard InChI is InChI=1S/C17H18F2N2O/c1-11-3-4-13(9-12(11)2)20-8-7-17(22)21-14-5-6-15(18)16(19)10-14/h3-6,9-10,20H,7-8H2,1-2H3,(H,21,22). The van der Waals surface area contributed by atoms with E-state index in [0.29, 0.717) is 6.54 Å². The van der Waals surface area contributed by atoms with E-state index in [1.807, 2.05) is 32.0 Å². The highest BCUT2D eigenvalue weighted by atomic mass is 19.2. The molecule has 0 spiro atoms. The van der Waals surface area contributed by atoms with Gasteiger partial charge in [0.25, 0.3) is 0 Å². The molecule has 0 atom stereocenters. The van der Waals surface area contributed by atoms with E-state index in [1.165, 1.54) is 17.2 Å². The first kappa shape index (κ1) is 15.9. The topological polar surface area (TPSA) is 41.1 Å². The second-order valence-electron chi connectivity index (χ2n) is 5.15. The minimum absolute atomic E-state index is 0.228. The molecule has 0 saturated carbocycles. The number of amides is 1. The average molecular weight is 304 g/mol. The van der Waals surface area contributed by atoms with Crippen LogP contribution in [0.1, 0.15) is 17.5 Å². The van der Waals surface area contributed by atoms with E-state index < -0.39 is 11.6 Å². The molecule has 0 saturated heterocycles. The maximum atomic E-state index is 13.0. The molecule has 0 aliphatic heterocycles. The highest BCUT2D eigenvalue weighted by Crippen LogP contribution is 2.15. The second-order valence-corrected chi connectivity index (χ2v) is 5.15. The number of rotatable bonds is 5. The number of carbonyl (C=O) groups is 1. The van der Waals surface area contributed by atoms with Gasteiger partial charge >= 0.3 is 0 Å². The zero-order valence-electron chi connectivity index (χ0n) is 12.5. The van der Waals surface area contributed by atoms with E-state index in [4.69, 9.17) is 0 Å². The lowest BCUT2D eigenvalue weighted by atomic mass is 10.1. The Labute approximate surface area is 128 Å². The quantitative estimate of drug-likeness (QED) is 0.876. The van der Waals surface area contributed by atoms with Gasteiger partial charge in [-0.25, -0.2) is 8.78 Å². The van der Waals surface area contributed by atoms with Gasteiger partial charge in [-0.1, -0.05) is 6.07 Å². The number of aryl methyl sites for hydroxylation is 2. The Morgan fingerprint density at radius 3 is 2.36 bits per heavy atom. The molecule has 2 aromatic rings. The van der Waals surface area contributed by atoms with Gasteiger partial charge in [-0.3, -0.25) is 4.79 Å². The summed E-state index contributed by atoms with van der Waals surface area (Å²) in [6.07, 6.45) is 0.228. The van der Waals surface area contributed by atoms with E-state index in [9.17, 15) is 13.6 Å². The number of benzene rings is 2. The lowest BCUT2D eigenvalue weighted by Gasteiger charge is -2.09. The predicted octanol–water partition coefficient (Wildman–Crippen LogP) is 4.02. The highest BCUT2D eigenvalue weighted by molar-refractivity contribution is 5.90. The largest absolute Gasteiger partial charge is 0.385 e. The van der Waals surface area contributed by atoms with Crippen molar-refractivity contribution < 1.29 is 13.6 Å². The van der Waals surface area contributed by atoms with Gasteiger partial charge in [0.05, 0.1) is 0 Å². The van der Waals surface area contributed by atoms with E-state index in [1.54, 1.807) is 0 Å². The molecule has 2 aromatic carbocycles. The minimum Gasteiger partial charge on any atom is -0.385 e. The molecule has 3 nitrogen and oxygen atoms in total. The van der Waals surface area contributed by atoms with Crippen molar-refractivity contribution in [2.75, 3.05) is 17.2 Å². The van der Waals surface area contributed by atoms with Gasteiger partial charge in [0.15, 0.2) is 11.6 Å². The van der Waals surface area contributed by atoms with Crippen LogP contribution in [0.4, 0.5) is 20.2 Å². The Balaban J connectivity index is 1.82. The first-order chi connectivity index (χ1) is 10.5. The third-order valence-electron chi connectivity index (χ3n) is 3.39. The second kappa shape index (κ2) is 7.02. The van der Waals surface area contributed by atoms with Crippen LogP contribution >= 0.6 is 0 Å². The lowest BCUT2D eigenvalue weighted by molar-refractivity contribution is -0.115. The molecule has 2 rings (SSSR count). The van der Waals surface area contributed by atoms with Crippen LogP contribution < -0.4 is 10.6 Å². The fourth-order valence-electron chi connectivity index (χ4n) is 1.97. The summed E-state index contributed by atoms with van der Waals surface area (Å²) >= 11 is 0. The van der Waals surface area contributed by atoms with Gasteiger partial charge in [-0.05, 0) is 49.2 Å². The summed E-state index contributed by atoms with van der Waals surface area (Å²) in [5.41, 5.74) is 3.58. The van der Waals surface area contributed by atoms with Crippen LogP contribution in [-0.2, 0) is 4.79 Å². The Morgan fingerprint density at radius 1 is 0.955 bits per heavy atom. The fourth-order valence-corrected chi connectivity index (χ4v) is 1.97. The average Bonchev–Trinajstić information content (AvgIpc) is 2.47. The van der Waals surface area contributed by atoms with Crippen LogP contribution in [0.5, 0.6) is 0 Å². The molecule has 116 valence electrons. The van der Waals surface area contributed by atoms with Gasteiger partial charge in [0.2, 0.25) is 5.91 Å². The summed E-state index contributed by atoms with van der Waals surface area (Å²) < 4.78 is 25.8. The number of halogens is 2. The van der Waals surface area contributed by atoms with Gasteiger partial charge in [0.1, 0.15) is 0 Å². The van der Waals surface area contributed by atoms with E-state index in [2.05, 4.69) is 10.6 Å². The molecule has 1 amide bonds. The summed E-state index contributed by atoms with van der Waals surface area (Å²) in [7, 11) is 0. The summed E-state index contributed by atoms with van der Waals surface area (Å²) in [6, 6.07) is 9.26. The molecule has 5 heteroatoms. The Morgan fingerprint density at radius 2 is 1.68 bits per heavy atom.